The van der Waals surface area contributed by atoms with Gasteiger partial charge in [-0.05, 0) is 42.5 Å². The van der Waals surface area contributed by atoms with E-state index < -0.39 is 21.8 Å². The van der Waals surface area contributed by atoms with Crippen LogP contribution in [-0.4, -0.2) is 30.6 Å². The number of carbonyl (C=O) groups is 2. The first-order valence-corrected chi connectivity index (χ1v) is 9.64. The lowest BCUT2D eigenvalue weighted by Crippen LogP contribution is -2.22. The van der Waals surface area contributed by atoms with E-state index >= 15 is 0 Å². The number of benzene rings is 3. The van der Waals surface area contributed by atoms with Gasteiger partial charge in [0.05, 0.1) is 32.3 Å². The second kappa shape index (κ2) is 6.21. The Morgan fingerprint density at radius 2 is 1.14 bits per heavy atom. The van der Waals surface area contributed by atoms with Crippen molar-refractivity contribution < 1.29 is 28.2 Å². The number of fused-ring (bicyclic) bond motifs is 2. The third-order valence-electron chi connectivity index (χ3n) is 4.46. The quantitative estimate of drug-likeness (QED) is 0.544. The van der Waals surface area contributed by atoms with Crippen LogP contribution in [0.5, 0.6) is 0 Å². The molecule has 0 amide bonds. The highest BCUT2D eigenvalue weighted by atomic mass is 32.2. The van der Waals surface area contributed by atoms with E-state index in [-0.39, 0.29) is 26.6 Å². The Labute approximate surface area is 160 Å². The monoisotopic (exact) mass is 395 g/mol. The first-order chi connectivity index (χ1) is 13.3. The number of carboxylic acid groups (broad SMARTS) is 2. The Kier molecular flexibility index (Phi) is 3.93. The molecule has 0 aromatic heterocycles. The number of carboxylic acids is 2. The Morgan fingerprint density at radius 1 is 0.714 bits per heavy atom. The molecule has 0 fully saturated rings. The van der Waals surface area contributed by atoms with Crippen LogP contribution in [0, 0.1) is 0 Å². The highest BCUT2D eigenvalue weighted by Crippen LogP contribution is 2.47. The highest BCUT2D eigenvalue weighted by molar-refractivity contribution is 7.92. The summed E-state index contributed by atoms with van der Waals surface area (Å²) in [6.45, 7) is 0. The fourth-order valence-corrected chi connectivity index (χ4v) is 4.87. The number of nitrogens with zero attached hydrogens (tertiary/aromatic N) is 1. The first-order valence-electron chi connectivity index (χ1n) is 8.15. The minimum Gasteiger partial charge on any atom is -0.478 e. The van der Waals surface area contributed by atoms with Crippen molar-refractivity contribution in [3.05, 3.63) is 77.9 Å². The van der Waals surface area contributed by atoms with Crippen molar-refractivity contribution in [2.45, 2.75) is 9.79 Å². The summed E-state index contributed by atoms with van der Waals surface area (Å²) in [6, 6.07) is 16.3. The van der Waals surface area contributed by atoms with E-state index in [0.717, 1.165) is 6.07 Å². The number of rotatable bonds is 3. The minimum atomic E-state index is -3.77. The van der Waals surface area contributed by atoms with Gasteiger partial charge in [-0.15, -0.1) is 0 Å². The van der Waals surface area contributed by atoms with Gasteiger partial charge < -0.3 is 15.1 Å². The summed E-state index contributed by atoms with van der Waals surface area (Å²) in [5, 5.41) is 18.8. The number of hydrogen-bond donors (Lipinski definition) is 2. The predicted molar refractivity (Wildman–Crippen MR) is 100 cm³/mol. The predicted octanol–water partition coefficient (Wildman–Crippen LogP) is 3.70. The third-order valence-corrected chi connectivity index (χ3v) is 6.31. The maximum Gasteiger partial charge on any atom is 0.335 e. The molecule has 1 heterocycles. The molecule has 3 aromatic rings. The zero-order valence-corrected chi connectivity index (χ0v) is 15.1. The van der Waals surface area contributed by atoms with Crippen LogP contribution in [0.3, 0.4) is 0 Å². The maximum absolute atomic E-state index is 13.0. The Hall–Kier alpha value is -3.65. The molecule has 0 saturated heterocycles. The van der Waals surface area contributed by atoms with Crippen LogP contribution in [0.25, 0.3) is 0 Å². The van der Waals surface area contributed by atoms with Crippen molar-refractivity contribution in [3.8, 4) is 0 Å². The van der Waals surface area contributed by atoms with Crippen LogP contribution >= 0.6 is 0 Å². The minimum absolute atomic E-state index is 0.0614. The van der Waals surface area contributed by atoms with Crippen LogP contribution in [-0.2, 0) is 9.84 Å². The standard InChI is InChI=1S/C20H13NO6S/c22-19(23)12-9-13(20(24)25)11-14(10-12)21-15-5-1-3-7-17(15)28(26,27)18-8-4-2-6-16(18)21/h1-11H,(H,22,23)(H,24,25). The molecule has 0 atom stereocenters. The molecule has 0 radical (unpaired) electrons. The molecule has 2 N–H and O–H groups in total. The van der Waals surface area contributed by atoms with E-state index in [2.05, 4.69) is 0 Å². The molecule has 0 saturated carbocycles. The SMILES string of the molecule is O=C(O)c1cc(C(=O)O)cc(N2c3ccccc3S(=O)(=O)c3ccccc32)c1. The lowest BCUT2D eigenvalue weighted by atomic mass is 10.1. The van der Waals surface area contributed by atoms with Gasteiger partial charge in [-0.1, -0.05) is 24.3 Å². The molecule has 7 nitrogen and oxygen atoms in total. The molecule has 1 aliphatic heterocycles. The van der Waals surface area contributed by atoms with Crippen LogP contribution in [0.1, 0.15) is 20.7 Å². The zero-order chi connectivity index (χ0) is 20.1. The molecule has 8 heteroatoms. The Balaban J connectivity index is 2.07. The van der Waals surface area contributed by atoms with Gasteiger partial charge in [0.2, 0.25) is 9.84 Å². The van der Waals surface area contributed by atoms with E-state index in [1.165, 1.54) is 24.3 Å². The largest absolute Gasteiger partial charge is 0.478 e. The van der Waals surface area contributed by atoms with Gasteiger partial charge in [-0.25, -0.2) is 18.0 Å². The van der Waals surface area contributed by atoms with Gasteiger partial charge in [-0.2, -0.15) is 0 Å². The van der Waals surface area contributed by atoms with Gasteiger partial charge in [-0.3, -0.25) is 0 Å². The summed E-state index contributed by atoms with van der Waals surface area (Å²) in [4.78, 5) is 24.7. The Bertz CT molecular complexity index is 1160. The van der Waals surface area contributed by atoms with Crippen molar-refractivity contribution in [2.24, 2.45) is 0 Å². The number of para-hydroxylation sites is 2. The molecule has 1 aliphatic rings. The molecule has 3 aromatic carbocycles. The van der Waals surface area contributed by atoms with Crippen molar-refractivity contribution >= 4 is 38.8 Å². The number of anilines is 3. The fraction of sp³-hybridized carbons (Fsp3) is 0. The molecular formula is C20H13NO6S. The van der Waals surface area contributed by atoms with Crippen LogP contribution in [0.4, 0.5) is 17.1 Å². The topological polar surface area (TPSA) is 112 Å². The van der Waals surface area contributed by atoms with E-state index in [9.17, 15) is 28.2 Å². The van der Waals surface area contributed by atoms with Gasteiger partial charge in [0.1, 0.15) is 0 Å². The number of aromatic carboxylic acids is 2. The summed E-state index contributed by atoms with van der Waals surface area (Å²) >= 11 is 0. The lowest BCUT2D eigenvalue weighted by Gasteiger charge is -2.33. The normalized spacial score (nSPS) is 14.1. The third kappa shape index (κ3) is 2.62. The summed E-state index contributed by atoms with van der Waals surface area (Å²) in [6.07, 6.45) is 0. The molecular weight excluding hydrogens is 382 g/mol. The summed E-state index contributed by atoms with van der Waals surface area (Å²) in [5.41, 5.74) is 0.462. The lowest BCUT2D eigenvalue weighted by molar-refractivity contribution is 0.0696. The van der Waals surface area contributed by atoms with Gasteiger partial charge in [0.25, 0.3) is 0 Å². The fourth-order valence-electron chi connectivity index (χ4n) is 3.25. The molecule has 4 rings (SSSR count). The van der Waals surface area contributed by atoms with E-state index in [0.29, 0.717) is 11.4 Å². The summed E-state index contributed by atoms with van der Waals surface area (Å²) < 4.78 is 26.0. The van der Waals surface area contributed by atoms with Crippen LogP contribution in [0.15, 0.2) is 76.5 Å². The van der Waals surface area contributed by atoms with E-state index in [1.54, 1.807) is 41.3 Å². The van der Waals surface area contributed by atoms with Gasteiger partial charge >= 0.3 is 11.9 Å². The van der Waals surface area contributed by atoms with Crippen molar-refractivity contribution in [1.29, 1.82) is 0 Å². The van der Waals surface area contributed by atoms with Crippen LogP contribution < -0.4 is 4.90 Å². The second-order valence-electron chi connectivity index (χ2n) is 6.15. The molecule has 0 bridgehead atoms. The molecule has 140 valence electrons. The number of sulfone groups is 1. The Morgan fingerprint density at radius 3 is 1.57 bits per heavy atom. The molecule has 28 heavy (non-hydrogen) atoms. The average Bonchev–Trinajstić information content (AvgIpc) is 2.68. The highest BCUT2D eigenvalue weighted by Gasteiger charge is 2.34. The molecule has 0 aliphatic carbocycles. The van der Waals surface area contributed by atoms with E-state index in [4.69, 9.17) is 0 Å². The maximum atomic E-state index is 13.0. The van der Waals surface area contributed by atoms with Crippen LogP contribution in [0.2, 0.25) is 0 Å². The second-order valence-corrected chi connectivity index (χ2v) is 8.04. The van der Waals surface area contributed by atoms with E-state index in [1.807, 2.05) is 0 Å². The average molecular weight is 395 g/mol. The van der Waals surface area contributed by atoms with Crippen molar-refractivity contribution in [1.82, 2.24) is 0 Å². The smallest absolute Gasteiger partial charge is 0.335 e. The zero-order valence-electron chi connectivity index (χ0n) is 14.2. The summed E-state index contributed by atoms with van der Waals surface area (Å²) in [5.74, 6) is -2.56. The first kappa shape index (κ1) is 17.7. The number of hydrogen-bond acceptors (Lipinski definition) is 5. The van der Waals surface area contributed by atoms with Crippen molar-refractivity contribution in [2.75, 3.05) is 4.90 Å². The molecule has 0 spiro atoms. The van der Waals surface area contributed by atoms with Gasteiger partial charge in [0.15, 0.2) is 0 Å². The van der Waals surface area contributed by atoms with Gasteiger partial charge in [0, 0.05) is 5.69 Å². The molecule has 0 unspecified atom stereocenters. The van der Waals surface area contributed by atoms with Crippen molar-refractivity contribution in [3.63, 3.8) is 0 Å². The summed E-state index contributed by atoms with van der Waals surface area (Å²) in [7, 11) is -3.77.